The van der Waals surface area contributed by atoms with Crippen molar-refractivity contribution >= 4 is 17.6 Å². The zero-order valence-corrected chi connectivity index (χ0v) is 11.8. The third-order valence-corrected chi connectivity index (χ3v) is 3.15. The molecule has 0 heterocycles. The molecule has 0 aromatic heterocycles. The average molecular weight is 271 g/mol. The van der Waals surface area contributed by atoms with Crippen molar-refractivity contribution in [1.82, 2.24) is 0 Å². The molecule has 0 aliphatic rings. The van der Waals surface area contributed by atoms with Crippen LogP contribution in [0.4, 0.5) is 0 Å². The first-order chi connectivity index (χ1) is 8.33. The van der Waals surface area contributed by atoms with Gasteiger partial charge in [-0.3, -0.25) is 4.79 Å². The number of carboxylic acid groups (broad SMARTS) is 1. The third-order valence-electron chi connectivity index (χ3n) is 2.92. The van der Waals surface area contributed by atoms with Crippen LogP contribution in [-0.4, -0.2) is 17.7 Å². The van der Waals surface area contributed by atoms with Crippen molar-refractivity contribution in [3.63, 3.8) is 0 Å². The van der Waals surface area contributed by atoms with Gasteiger partial charge >= 0.3 is 5.97 Å². The summed E-state index contributed by atoms with van der Waals surface area (Å²) in [6, 6.07) is 5.46. The number of halogens is 1. The summed E-state index contributed by atoms with van der Waals surface area (Å²) < 4.78 is 5.62. The number of carboxylic acids is 1. The largest absolute Gasteiger partial charge is 0.493 e. The van der Waals surface area contributed by atoms with Crippen molar-refractivity contribution in [2.45, 2.75) is 33.6 Å². The summed E-state index contributed by atoms with van der Waals surface area (Å²) in [5, 5.41) is 9.66. The molecular weight excluding hydrogens is 252 g/mol. The van der Waals surface area contributed by atoms with Crippen LogP contribution in [0.25, 0.3) is 0 Å². The number of aryl methyl sites for hydroxylation is 1. The highest BCUT2D eigenvalue weighted by Gasteiger charge is 2.26. The van der Waals surface area contributed by atoms with Gasteiger partial charge in [0, 0.05) is 5.02 Å². The molecule has 0 bridgehead atoms. The quantitative estimate of drug-likeness (QED) is 0.797. The highest BCUT2D eigenvalue weighted by Crippen LogP contribution is 2.24. The summed E-state index contributed by atoms with van der Waals surface area (Å²) in [7, 11) is 0. The normalized spacial score (nSPS) is 11.3. The fraction of sp³-hybridized carbons (Fsp3) is 0.500. The molecule has 1 aromatic carbocycles. The van der Waals surface area contributed by atoms with E-state index >= 15 is 0 Å². The molecule has 0 fully saturated rings. The van der Waals surface area contributed by atoms with E-state index in [0.717, 1.165) is 11.3 Å². The van der Waals surface area contributed by atoms with Gasteiger partial charge < -0.3 is 9.84 Å². The minimum Gasteiger partial charge on any atom is -0.493 e. The van der Waals surface area contributed by atoms with Crippen molar-refractivity contribution in [2.75, 3.05) is 6.61 Å². The maximum absolute atomic E-state index is 10.9. The molecule has 0 saturated carbocycles. The van der Waals surface area contributed by atoms with Crippen molar-refractivity contribution < 1.29 is 14.6 Å². The summed E-state index contributed by atoms with van der Waals surface area (Å²) in [6.07, 6.45) is 1.30. The Morgan fingerprint density at radius 3 is 2.67 bits per heavy atom. The van der Waals surface area contributed by atoms with Gasteiger partial charge in [-0.05, 0) is 57.4 Å². The second-order valence-corrected chi connectivity index (χ2v) is 5.49. The molecule has 4 heteroatoms. The molecule has 0 radical (unpaired) electrons. The van der Waals surface area contributed by atoms with Gasteiger partial charge in [-0.2, -0.15) is 0 Å². The van der Waals surface area contributed by atoms with Crippen molar-refractivity contribution in [1.29, 1.82) is 0 Å². The molecular formula is C14H19ClO3. The molecule has 0 saturated heterocycles. The van der Waals surface area contributed by atoms with E-state index in [0.29, 0.717) is 24.5 Å². The summed E-state index contributed by atoms with van der Waals surface area (Å²) in [4.78, 5) is 10.9. The molecule has 0 amide bonds. The van der Waals surface area contributed by atoms with Crippen LogP contribution >= 0.6 is 11.6 Å². The van der Waals surface area contributed by atoms with E-state index in [-0.39, 0.29) is 0 Å². The topological polar surface area (TPSA) is 46.5 Å². The predicted octanol–water partition coefficient (Wildman–Crippen LogP) is 3.92. The first-order valence-corrected chi connectivity index (χ1v) is 6.33. The summed E-state index contributed by atoms with van der Waals surface area (Å²) in [5.41, 5.74) is 0.290. The summed E-state index contributed by atoms with van der Waals surface area (Å²) in [6.45, 7) is 5.90. The molecule has 3 nitrogen and oxygen atoms in total. The van der Waals surface area contributed by atoms with E-state index in [9.17, 15) is 4.79 Å². The Hall–Kier alpha value is -1.22. The molecule has 0 atom stereocenters. The first-order valence-electron chi connectivity index (χ1n) is 5.95. The second-order valence-electron chi connectivity index (χ2n) is 5.05. The SMILES string of the molecule is Cc1cc(Cl)ccc1OCCCC(C)(C)C(=O)O. The Labute approximate surface area is 113 Å². The average Bonchev–Trinajstić information content (AvgIpc) is 2.26. The van der Waals surface area contributed by atoms with Crippen LogP contribution < -0.4 is 4.74 Å². The lowest BCUT2D eigenvalue weighted by Crippen LogP contribution is -2.24. The Balaban J connectivity index is 2.41. The number of hydrogen-bond acceptors (Lipinski definition) is 2. The van der Waals surface area contributed by atoms with Gasteiger partial charge in [0.1, 0.15) is 5.75 Å². The molecule has 1 aromatic rings. The smallest absolute Gasteiger partial charge is 0.309 e. The Morgan fingerprint density at radius 2 is 2.11 bits per heavy atom. The molecule has 0 aliphatic heterocycles. The van der Waals surface area contributed by atoms with Crippen LogP contribution in [0, 0.1) is 12.3 Å². The minimum absolute atomic E-state index is 0.513. The van der Waals surface area contributed by atoms with Crippen LogP contribution in [0.15, 0.2) is 18.2 Å². The number of rotatable bonds is 6. The van der Waals surface area contributed by atoms with Crippen LogP contribution in [0.3, 0.4) is 0 Å². The van der Waals surface area contributed by atoms with Gasteiger partial charge in [0.15, 0.2) is 0 Å². The molecule has 0 unspecified atom stereocenters. The maximum Gasteiger partial charge on any atom is 0.309 e. The van der Waals surface area contributed by atoms with E-state index in [1.165, 1.54) is 0 Å². The Kier molecular flexibility index (Phi) is 5.03. The predicted molar refractivity (Wildman–Crippen MR) is 72.3 cm³/mol. The Morgan fingerprint density at radius 1 is 1.44 bits per heavy atom. The molecule has 1 rings (SSSR count). The number of ether oxygens (including phenoxy) is 1. The van der Waals surface area contributed by atoms with Gasteiger partial charge in [-0.15, -0.1) is 0 Å². The van der Waals surface area contributed by atoms with Crippen LogP contribution in [0.2, 0.25) is 5.02 Å². The van der Waals surface area contributed by atoms with Crippen LogP contribution in [-0.2, 0) is 4.79 Å². The molecule has 0 aliphatic carbocycles. The number of hydrogen-bond donors (Lipinski definition) is 1. The number of aliphatic carboxylic acids is 1. The Bertz CT molecular complexity index is 427. The van der Waals surface area contributed by atoms with Gasteiger partial charge in [0.05, 0.1) is 12.0 Å². The fourth-order valence-electron chi connectivity index (χ4n) is 1.58. The van der Waals surface area contributed by atoms with Gasteiger partial charge in [-0.25, -0.2) is 0 Å². The minimum atomic E-state index is -0.773. The lowest BCUT2D eigenvalue weighted by molar-refractivity contribution is -0.147. The standard InChI is InChI=1S/C14H19ClO3/c1-10-9-11(15)5-6-12(10)18-8-4-7-14(2,3)13(16)17/h5-6,9H,4,7-8H2,1-3H3,(H,16,17). The van der Waals surface area contributed by atoms with Gasteiger partial charge in [0.25, 0.3) is 0 Å². The van der Waals surface area contributed by atoms with Crippen molar-refractivity contribution in [3.05, 3.63) is 28.8 Å². The fourth-order valence-corrected chi connectivity index (χ4v) is 1.80. The highest BCUT2D eigenvalue weighted by atomic mass is 35.5. The summed E-state index contributed by atoms with van der Waals surface area (Å²) in [5.74, 6) is 0.0257. The molecule has 18 heavy (non-hydrogen) atoms. The molecule has 100 valence electrons. The van der Waals surface area contributed by atoms with E-state index in [4.69, 9.17) is 21.4 Å². The van der Waals surface area contributed by atoms with Crippen LogP contribution in [0.5, 0.6) is 5.75 Å². The van der Waals surface area contributed by atoms with E-state index in [1.54, 1.807) is 19.9 Å². The summed E-state index contributed by atoms with van der Waals surface area (Å²) >= 11 is 5.85. The zero-order chi connectivity index (χ0) is 13.8. The number of carbonyl (C=O) groups is 1. The van der Waals surface area contributed by atoms with E-state index < -0.39 is 11.4 Å². The van der Waals surface area contributed by atoms with Crippen molar-refractivity contribution in [3.8, 4) is 5.75 Å². The highest BCUT2D eigenvalue weighted by molar-refractivity contribution is 6.30. The van der Waals surface area contributed by atoms with E-state index in [1.807, 2.05) is 19.1 Å². The van der Waals surface area contributed by atoms with Gasteiger partial charge in [-0.1, -0.05) is 11.6 Å². The van der Waals surface area contributed by atoms with Gasteiger partial charge in [0.2, 0.25) is 0 Å². The maximum atomic E-state index is 10.9. The van der Waals surface area contributed by atoms with Crippen molar-refractivity contribution in [2.24, 2.45) is 5.41 Å². The monoisotopic (exact) mass is 270 g/mol. The third kappa shape index (κ3) is 4.22. The first kappa shape index (κ1) is 14.8. The zero-order valence-electron chi connectivity index (χ0n) is 11.0. The molecule has 0 spiro atoms. The van der Waals surface area contributed by atoms with E-state index in [2.05, 4.69) is 0 Å². The van der Waals surface area contributed by atoms with Crippen LogP contribution in [0.1, 0.15) is 32.3 Å². The lowest BCUT2D eigenvalue weighted by Gasteiger charge is -2.18. The number of benzene rings is 1. The molecule has 1 N–H and O–H groups in total. The lowest BCUT2D eigenvalue weighted by atomic mass is 9.88. The second kappa shape index (κ2) is 6.10.